The summed E-state index contributed by atoms with van der Waals surface area (Å²) in [7, 11) is 0. The summed E-state index contributed by atoms with van der Waals surface area (Å²) < 4.78 is 6.70. The zero-order chi connectivity index (χ0) is 14.7. The first kappa shape index (κ1) is 13.9. The van der Waals surface area contributed by atoms with Crippen LogP contribution in [-0.2, 0) is 0 Å². The maximum absolute atomic E-state index is 12.0. The van der Waals surface area contributed by atoms with Crippen molar-refractivity contribution in [2.75, 3.05) is 13.2 Å². The maximum Gasteiger partial charge on any atom is 0.251 e. The van der Waals surface area contributed by atoms with Crippen molar-refractivity contribution >= 4 is 27.9 Å². The molecule has 106 valence electrons. The Kier molecular flexibility index (Phi) is 4.06. The number of fused-ring (bicyclic) bond motifs is 1. The van der Waals surface area contributed by atoms with Crippen molar-refractivity contribution in [3.63, 3.8) is 0 Å². The zero-order valence-electron chi connectivity index (χ0n) is 11.3. The number of ether oxygens (including phenoxy) is 1. The number of amides is 1. The molecule has 3 rings (SSSR count). The molecule has 2 aromatic rings. The lowest BCUT2D eigenvalue weighted by Gasteiger charge is -2.18. The molecule has 1 N–H and O–H groups in total. The third-order valence-electron chi connectivity index (χ3n) is 3.26. The normalized spacial score (nSPS) is 12.9. The van der Waals surface area contributed by atoms with Gasteiger partial charge in [0.2, 0.25) is 0 Å². The Hall–Kier alpha value is -2.07. The van der Waals surface area contributed by atoms with Gasteiger partial charge in [0.05, 0.1) is 0 Å². The summed E-state index contributed by atoms with van der Waals surface area (Å²) in [6, 6.07) is 15.1. The first-order chi connectivity index (χ1) is 10.2. The van der Waals surface area contributed by atoms with Crippen molar-refractivity contribution in [2.24, 2.45) is 0 Å². The highest BCUT2D eigenvalue weighted by atomic mass is 79.9. The van der Waals surface area contributed by atoms with Crippen LogP contribution in [0.25, 0.3) is 6.08 Å². The molecule has 0 saturated carbocycles. The van der Waals surface area contributed by atoms with Crippen LogP contribution in [0.3, 0.4) is 0 Å². The Bertz CT molecular complexity index is 695. The number of carbonyl (C=O) groups excluding carboxylic acids is 1. The number of hydrogen-bond donors (Lipinski definition) is 1. The van der Waals surface area contributed by atoms with Crippen LogP contribution < -0.4 is 10.1 Å². The van der Waals surface area contributed by atoms with E-state index in [1.54, 1.807) is 12.1 Å². The average Bonchev–Trinajstić information content (AvgIpc) is 2.53. The van der Waals surface area contributed by atoms with Crippen molar-refractivity contribution in [3.05, 3.63) is 69.7 Å². The lowest BCUT2D eigenvalue weighted by molar-refractivity contribution is 0.0956. The smallest absolute Gasteiger partial charge is 0.251 e. The third-order valence-corrected chi connectivity index (χ3v) is 3.75. The van der Waals surface area contributed by atoms with Gasteiger partial charge in [0.1, 0.15) is 12.4 Å². The van der Waals surface area contributed by atoms with Gasteiger partial charge in [-0.2, -0.15) is 0 Å². The van der Waals surface area contributed by atoms with Gasteiger partial charge in [-0.1, -0.05) is 40.2 Å². The molecule has 21 heavy (non-hydrogen) atoms. The summed E-state index contributed by atoms with van der Waals surface area (Å²) in [5.41, 5.74) is 2.75. The predicted octanol–water partition coefficient (Wildman–Crippen LogP) is 3.65. The number of hydrogen-bond acceptors (Lipinski definition) is 2. The summed E-state index contributed by atoms with van der Waals surface area (Å²) >= 11 is 3.42. The molecule has 1 aliphatic heterocycles. The van der Waals surface area contributed by atoms with Gasteiger partial charge < -0.3 is 10.1 Å². The quantitative estimate of drug-likeness (QED) is 0.923. The Balaban J connectivity index is 1.67. The summed E-state index contributed by atoms with van der Waals surface area (Å²) in [6.45, 7) is 0.988. The van der Waals surface area contributed by atoms with E-state index >= 15 is 0 Å². The lowest BCUT2D eigenvalue weighted by atomic mass is 10.1. The van der Waals surface area contributed by atoms with Crippen LogP contribution in [-0.4, -0.2) is 19.1 Å². The number of rotatable bonds is 3. The molecule has 0 spiro atoms. The first-order valence-electron chi connectivity index (χ1n) is 6.67. The topological polar surface area (TPSA) is 38.3 Å². The Morgan fingerprint density at radius 3 is 2.81 bits per heavy atom. The highest BCUT2D eigenvalue weighted by molar-refractivity contribution is 9.10. The van der Waals surface area contributed by atoms with Crippen LogP contribution >= 0.6 is 15.9 Å². The zero-order valence-corrected chi connectivity index (χ0v) is 12.9. The van der Waals surface area contributed by atoms with Crippen molar-refractivity contribution in [3.8, 4) is 5.75 Å². The van der Waals surface area contributed by atoms with Crippen LogP contribution in [0.4, 0.5) is 0 Å². The Morgan fingerprint density at radius 2 is 2.00 bits per heavy atom. The summed E-state index contributed by atoms with van der Waals surface area (Å²) in [6.07, 6.45) is 2.07. The van der Waals surface area contributed by atoms with Crippen LogP contribution in [0.2, 0.25) is 0 Å². The Morgan fingerprint density at radius 1 is 1.19 bits per heavy atom. The van der Waals surface area contributed by atoms with E-state index in [1.807, 2.05) is 36.4 Å². The predicted molar refractivity (Wildman–Crippen MR) is 86.4 cm³/mol. The van der Waals surface area contributed by atoms with Gasteiger partial charge in [0.25, 0.3) is 5.91 Å². The standard InChI is InChI=1S/C17H14BrNO2/c18-15-7-6-14-8-12(11-21-16(14)9-15)10-19-17(20)13-4-2-1-3-5-13/h1-9H,10-11H2,(H,19,20). The molecule has 1 heterocycles. The fourth-order valence-corrected chi connectivity index (χ4v) is 2.51. The van der Waals surface area contributed by atoms with E-state index in [4.69, 9.17) is 4.74 Å². The largest absolute Gasteiger partial charge is 0.489 e. The van der Waals surface area contributed by atoms with Gasteiger partial charge in [-0.05, 0) is 35.9 Å². The monoisotopic (exact) mass is 343 g/mol. The molecule has 3 nitrogen and oxygen atoms in total. The number of benzene rings is 2. The molecule has 0 saturated heterocycles. The minimum atomic E-state index is -0.0712. The van der Waals surface area contributed by atoms with Crippen molar-refractivity contribution < 1.29 is 9.53 Å². The molecule has 0 fully saturated rings. The highest BCUT2D eigenvalue weighted by Gasteiger charge is 2.12. The van der Waals surface area contributed by atoms with Gasteiger partial charge in [-0.15, -0.1) is 0 Å². The van der Waals surface area contributed by atoms with E-state index in [1.165, 1.54) is 0 Å². The molecule has 0 unspecified atom stereocenters. The van der Waals surface area contributed by atoms with Crippen LogP contribution in [0.1, 0.15) is 15.9 Å². The summed E-state index contributed by atoms with van der Waals surface area (Å²) in [5.74, 6) is 0.792. The van der Waals surface area contributed by atoms with Crippen LogP contribution in [0.15, 0.2) is 58.6 Å². The van der Waals surface area contributed by atoms with Gasteiger partial charge in [-0.25, -0.2) is 0 Å². The second-order valence-corrected chi connectivity index (χ2v) is 5.74. The van der Waals surface area contributed by atoms with E-state index in [-0.39, 0.29) is 5.91 Å². The van der Waals surface area contributed by atoms with Gasteiger partial charge in [-0.3, -0.25) is 4.79 Å². The number of nitrogens with one attached hydrogen (secondary N) is 1. The molecular weight excluding hydrogens is 330 g/mol. The third kappa shape index (κ3) is 3.34. The van der Waals surface area contributed by atoms with Crippen molar-refractivity contribution in [1.82, 2.24) is 5.32 Å². The Labute approximate surface area is 131 Å². The molecular formula is C17H14BrNO2. The second kappa shape index (κ2) is 6.14. The molecule has 0 bridgehead atoms. The number of carbonyl (C=O) groups is 1. The van der Waals surface area contributed by atoms with Gasteiger partial charge in [0.15, 0.2) is 0 Å². The minimum absolute atomic E-state index is 0.0712. The van der Waals surface area contributed by atoms with Crippen LogP contribution in [0, 0.1) is 0 Å². The molecule has 2 aromatic carbocycles. The van der Waals surface area contributed by atoms with E-state index in [9.17, 15) is 4.79 Å². The molecule has 0 aliphatic carbocycles. The van der Waals surface area contributed by atoms with Crippen LogP contribution in [0.5, 0.6) is 5.75 Å². The van der Waals surface area contributed by atoms with E-state index < -0.39 is 0 Å². The van der Waals surface area contributed by atoms with Crippen molar-refractivity contribution in [1.29, 1.82) is 0 Å². The molecule has 1 amide bonds. The highest BCUT2D eigenvalue weighted by Crippen LogP contribution is 2.29. The first-order valence-corrected chi connectivity index (χ1v) is 7.47. The van der Waals surface area contributed by atoms with Gasteiger partial charge >= 0.3 is 0 Å². The number of halogens is 1. The summed E-state index contributed by atoms with van der Waals surface area (Å²) in [4.78, 5) is 12.0. The fraction of sp³-hybridized carbons (Fsp3) is 0.118. The fourth-order valence-electron chi connectivity index (χ4n) is 2.17. The SMILES string of the molecule is O=C(NCC1=Cc2ccc(Br)cc2OC1)c1ccccc1. The minimum Gasteiger partial charge on any atom is -0.489 e. The second-order valence-electron chi connectivity index (χ2n) is 4.82. The van der Waals surface area contributed by atoms with E-state index in [0.717, 1.165) is 21.4 Å². The lowest BCUT2D eigenvalue weighted by Crippen LogP contribution is -2.27. The molecule has 4 heteroatoms. The maximum atomic E-state index is 12.0. The molecule has 0 atom stereocenters. The molecule has 0 radical (unpaired) electrons. The van der Waals surface area contributed by atoms with E-state index in [0.29, 0.717) is 18.7 Å². The molecule has 0 aromatic heterocycles. The van der Waals surface area contributed by atoms with E-state index in [2.05, 4.69) is 27.3 Å². The van der Waals surface area contributed by atoms with Gasteiger partial charge in [0, 0.05) is 22.1 Å². The average molecular weight is 344 g/mol. The molecule has 1 aliphatic rings. The summed E-state index contributed by atoms with van der Waals surface area (Å²) in [5, 5.41) is 2.91. The van der Waals surface area contributed by atoms with Crippen molar-refractivity contribution in [2.45, 2.75) is 0 Å².